The zero-order chi connectivity index (χ0) is 5.28. The van der Waals surface area contributed by atoms with E-state index in [1.807, 2.05) is 6.92 Å². The molecule has 1 fully saturated rings. The highest BCUT2D eigenvalue weighted by Gasteiger charge is 2.20. The Balaban J connectivity index is 2.10. The van der Waals surface area contributed by atoms with Crippen LogP contribution in [0.3, 0.4) is 0 Å². The van der Waals surface area contributed by atoms with Gasteiger partial charge in [0.05, 0.1) is 0 Å². The fraction of sp³-hybridized carbons (Fsp3) is 1.00. The van der Waals surface area contributed by atoms with Crippen molar-refractivity contribution in [1.82, 2.24) is 5.06 Å². The lowest BCUT2D eigenvalue weighted by molar-refractivity contribution is 0.388. The normalized spacial score (nSPS) is 21.0. The molecule has 0 aromatic heterocycles. The van der Waals surface area contributed by atoms with Crippen LogP contribution in [0.4, 0.5) is 0 Å². The number of hydrogen-bond donors (Lipinski definition) is 0. The smallest absolute Gasteiger partial charge is 0.00251 e. The van der Waals surface area contributed by atoms with E-state index in [0.717, 1.165) is 17.9 Å². The van der Waals surface area contributed by atoms with Gasteiger partial charge in [-0.3, -0.25) is 0 Å². The van der Waals surface area contributed by atoms with Crippen molar-refractivity contribution in [2.45, 2.75) is 25.8 Å². The molecule has 2 nitrogen and oxygen atoms in total. The quantitative estimate of drug-likeness (QED) is 0.483. The van der Waals surface area contributed by atoms with Crippen molar-refractivity contribution in [3.63, 3.8) is 0 Å². The molecule has 0 amide bonds. The molecule has 0 bridgehead atoms. The van der Waals surface area contributed by atoms with E-state index in [1.165, 1.54) is 0 Å². The standard InChI is InChI=1S/C5H10NO/c1-2-6(7)5-3-4-5/h5H,2-4H2,1H3/q-1. The predicted molar refractivity (Wildman–Crippen MR) is 28.8 cm³/mol. The van der Waals surface area contributed by atoms with Gasteiger partial charge in [-0.05, 0) is 25.4 Å². The average molecular weight is 100 g/mol. The SMILES string of the molecule is CCN([O-])C1CC1. The highest BCUT2D eigenvalue weighted by molar-refractivity contribution is 4.83. The molecule has 7 heavy (non-hydrogen) atoms. The predicted octanol–water partition coefficient (Wildman–Crippen LogP) is 0.968. The molecule has 0 radical (unpaired) electrons. The molecule has 0 unspecified atom stereocenters. The van der Waals surface area contributed by atoms with E-state index < -0.39 is 0 Å². The summed E-state index contributed by atoms with van der Waals surface area (Å²) in [5.74, 6) is 0. The Bertz CT molecular complexity index is 61.1. The Morgan fingerprint density at radius 3 is 2.43 bits per heavy atom. The minimum atomic E-state index is 0.394. The van der Waals surface area contributed by atoms with Gasteiger partial charge < -0.3 is 10.3 Å². The molecule has 0 heterocycles. The minimum absolute atomic E-state index is 0.394. The molecule has 0 aromatic rings. The van der Waals surface area contributed by atoms with Crippen molar-refractivity contribution >= 4 is 0 Å². The maximum atomic E-state index is 10.5. The van der Waals surface area contributed by atoms with Gasteiger partial charge in [0.15, 0.2) is 0 Å². The van der Waals surface area contributed by atoms with Gasteiger partial charge in [-0.25, -0.2) is 0 Å². The van der Waals surface area contributed by atoms with Crippen molar-refractivity contribution in [2.75, 3.05) is 6.54 Å². The van der Waals surface area contributed by atoms with Gasteiger partial charge in [0.2, 0.25) is 0 Å². The third kappa shape index (κ3) is 1.14. The number of rotatable bonds is 2. The van der Waals surface area contributed by atoms with Gasteiger partial charge in [-0.2, -0.15) is 0 Å². The summed E-state index contributed by atoms with van der Waals surface area (Å²) >= 11 is 0. The van der Waals surface area contributed by atoms with Gasteiger partial charge >= 0.3 is 0 Å². The van der Waals surface area contributed by atoms with Crippen molar-refractivity contribution in [3.05, 3.63) is 5.21 Å². The lowest BCUT2D eigenvalue weighted by Crippen LogP contribution is -2.16. The van der Waals surface area contributed by atoms with Crippen LogP contribution in [0.2, 0.25) is 0 Å². The lowest BCUT2D eigenvalue weighted by Gasteiger charge is -2.25. The average Bonchev–Trinajstić information content (AvgIpc) is 2.44. The van der Waals surface area contributed by atoms with Gasteiger partial charge in [0, 0.05) is 0 Å². The molecular weight excluding hydrogens is 90.1 g/mol. The summed E-state index contributed by atoms with van der Waals surface area (Å²) in [6, 6.07) is 0.394. The van der Waals surface area contributed by atoms with E-state index in [2.05, 4.69) is 0 Å². The van der Waals surface area contributed by atoms with Crippen LogP contribution in [0.15, 0.2) is 0 Å². The van der Waals surface area contributed by atoms with E-state index in [-0.39, 0.29) is 0 Å². The first-order valence-electron chi connectivity index (χ1n) is 2.78. The van der Waals surface area contributed by atoms with Crippen LogP contribution in [-0.4, -0.2) is 17.6 Å². The number of nitrogens with zero attached hydrogens (tertiary/aromatic N) is 1. The van der Waals surface area contributed by atoms with Crippen molar-refractivity contribution in [3.8, 4) is 0 Å². The van der Waals surface area contributed by atoms with Crippen molar-refractivity contribution < 1.29 is 0 Å². The summed E-state index contributed by atoms with van der Waals surface area (Å²) in [6.45, 7) is 2.55. The lowest BCUT2D eigenvalue weighted by atomic mass is 10.6. The molecule has 1 aliphatic carbocycles. The first kappa shape index (κ1) is 5.06. The Kier molecular flexibility index (Phi) is 1.30. The first-order chi connectivity index (χ1) is 3.34. The van der Waals surface area contributed by atoms with Crippen LogP contribution in [0.5, 0.6) is 0 Å². The van der Waals surface area contributed by atoms with E-state index in [1.54, 1.807) is 0 Å². The maximum Gasteiger partial charge on any atom is -0.00251 e. The Hall–Kier alpha value is -0.0800. The Labute approximate surface area is 43.7 Å². The van der Waals surface area contributed by atoms with Crippen LogP contribution in [0.1, 0.15) is 19.8 Å². The zero-order valence-electron chi connectivity index (χ0n) is 4.55. The molecular formula is C5H10NO-. The fourth-order valence-electron chi connectivity index (χ4n) is 0.621. The summed E-state index contributed by atoms with van der Waals surface area (Å²) in [5, 5.41) is 11.6. The van der Waals surface area contributed by atoms with Crippen molar-refractivity contribution in [2.24, 2.45) is 0 Å². The largest absolute Gasteiger partial charge is 0.785 e. The first-order valence-corrected chi connectivity index (χ1v) is 2.78. The molecule has 0 aromatic carbocycles. The molecule has 1 rings (SSSR count). The zero-order valence-corrected chi connectivity index (χ0v) is 4.55. The molecule has 1 aliphatic rings. The Morgan fingerprint density at radius 1 is 1.71 bits per heavy atom. The van der Waals surface area contributed by atoms with E-state index >= 15 is 0 Å². The summed E-state index contributed by atoms with van der Waals surface area (Å²) in [6.07, 6.45) is 2.24. The molecule has 0 spiro atoms. The molecule has 2 heteroatoms. The molecule has 0 aliphatic heterocycles. The summed E-state index contributed by atoms with van der Waals surface area (Å²) in [5.41, 5.74) is 0. The summed E-state index contributed by atoms with van der Waals surface area (Å²) < 4.78 is 0. The highest BCUT2D eigenvalue weighted by atomic mass is 16.5. The Morgan fingerprint density at radius 2 is 2.29 bits per heavy atom. The second-order valence-corrected chi connectivity index (χ2v) is 1.96. The topological polar surface area (TPSA) is 26.3 Å². The maximum absolute atomic E-state index is 10.5. The fourth-order valence-corrected chi connectivity index (χ4v) is 0.621. The van der Waals surface area contributed by atoms with Crippen LogP contribution >= 0.6 is 0 Å². The van der Waals surface area contributed by atoms with E-state index in [9.17, 15) is 5.21 Å². The van der Waals surface area contributed by atoms with Crippen LogP contribution in [-0.2, 0) is 0 Å². The van der Waals surface area contributed by atoms with E-state index in [0.29, 0.717) is 12.6 Å². The number of hydroxylamine groups is 2. The van der Waals surface area contributed by atoms with Gasteiger partial charge in [-0.1, -0.05) is 6.92 Å². The number of hydrogen-bond acceptors (Lipinski definition) is 2. The van der Waals surface area contributed by atoms with Gasteiger partial charge in [0.25, 0.3) is 0 Å². The second-order valence-electron chi connectivity index (χ2n) is 1.96. The summed E-state index contributed by atoms with van der Waals surface area (Å²) in [7, 11) is 0. The molecule has 0 saturated heterocycles. The van der Waals surface area contributed by atoms with Crippen LogP contribution in [0, 0.1) is 5.21 Å². The molecule has 1 saturated carbocycles. The highest BCUT2D eigenvalue weighted by Crippen LogP contribution is 2.24. The second kappa shape index (κ2) is 1.80. The molecule has 0 atom stereocenters. The monoisotopic (exact) mass is 100 g/mol. The third-order valence-electron chi connectivity index (χ3n) is 1.27. The third-order valence-corrected chi connectivity index (χ3v) is 1.27. The van der Waals surface area contributed by atoms with Crippen molar-refractivity contribution in [1.29, 1.82) is 0 Å². The summed E-state index contributed by atoms with van der Waals surface area (Å²) in [4.78, 5) is 0. The molecule has 42 valence electrons. The molecule has 0 N–H and O–H groups in total. The van der Waals surface area contributed by atoms with Gasteiger partial charge in [0.1, 0.15) is 0 Å². The van der Waals surface area contributed by atoms with Crippen LogP contribution < -0.4 is 0 Å². The minimum Gasteiger partial charge on any atom is -0.785 e. The van der Waals surface area contributed by atoms with E-state index in [4.69, 9.17) is 0 Å². The van der Waals surface area contributed by atoms with Crippen LogP contribution in [0.25, 0.3) is 0 Å². The van der Waals surface area contributed by atoms with Gasteiger partial charge in [-0.15, -0.1) is 0 Å².